The molecule has 0 radical (unpaired) electrons. The molecule has 0 aliphatic rings. The fourth-order valence-corrected chi connectivity index (χ4v) is 1.49. The minimum Gasteiger partial charge on any atom is -0.388 e. The van der Waals surface area contributed by atoms with Crippen LogP contribution >= 0.6 is 11.6 Å². The summed E-state index contributed by atoms with van der Waals surface area (Å²) in [4.78, 5) is 0. The van der Waals surface area contributed by atoms with Crippen molar-refractivity contribution < 1.29 is 9.50 Å². The van der Waals surface area contributed by atoms with E-state index in [9.17, 15) is 9.50 Å². The third kappa shape index (κ3) is 3.05. The Balaban J connectivity index is 2.86. The smallest absolute Gasteiger partial charge is 0.147 e. The third-order valence-corrected chi connectivity index (χ3v) is 2.61. The molecule has 0 heterocycles. The highest BCUT2D eigenvalue weighted by Crippen LogP contribution is 2.27. The van der Waals surface area contributed by atoms with Crippen LogP contribution in [-0.4, -0.2) is 5.11 Å². The highest BCUT2D eigenvalue weighted by atomic mass is 35.5. The molecule has 15 heavy (non-hydrogen) atoms. The molecule has 0 amide bonds. The minimum absolute atomic E-state index is 0.0358. The highest BCUT2D eigenvalue weighted by Gasteiger charge is 2.15. The number of halogens is 2. The van der Waals surface area contributed by atoms with Crippen LogP contribution in [0.15, 0.2) is 30.4 Å². The molecule has 0 saturated carbocycles. The van der Waals surface area contributed by atoms with E-state index in [1.807, 2.05) is 6.92 Å². The zero-order chi connectivity index (χ0) is 11.4. The maximum absolute atomic E-state index is 13.5. The maximum atomic E-state index is 13.5. The Morgan fingerprint density at radius 1 is 1.60 bits per heavy atom. The Labute approximate surface area is 94.2 Å². The summed E-state index contributed by atoms with van der Waals surface area (Å²) in [6.07, 6.45) is 0.281. The topological polar surface area (TPSA) is 20.2 Å². The standard InChI is InChI=1S/C12H14ClFO/c1-3-8(2)7-11(15)9-5-4-6-10(13)12(9)14/h4-6,11,15H,2-3,7H2,1H3. The molecule has 3 heteroatoms. The first-order valence-corrected chi connectivity index (χ1v) is 5.22. The Bertz CT molecular complexity index is 363. The fourth-order valence-electron chi connectivity index (χ4n) is 1.31. The molecule has 0 bridgehead atoms. The average molecular weight is 229 g/mol. The number of hydrogen-bond acceptors (Lipinski definition) is 1. The van der Waals surface area contributed by atoms with Crippen LogP contribution in [0.3, 0.4) is 0 Å². The highest BCUT2D eigenvalue weighted by molar-refractivity contribution is 6.30. The summed E-state index contributed by atoms with van der Waals surface area (Å²) in [5.74, 6) is -0.546. The van der Waals surface area contributed by atoms with Gasteiger partial charge in [0.05, 0.1) is 11.1 Å². The monoisotopic (exact) mass is 228 g/mol. The first-order chi connectivity index (χ1) is 7.06. The number of aliphatic hydroxyl groups excluding tert-OH is 1. The van der Waals surface area contributed by atoms with Crippen molar-refractivity contribution in [2.75, 3.05) is 0 Å². The number of aliphatic hydroxyl groups is 1. The average Bonchev–Trinajstić information content (AvgIpc) is 2.21. The first-order valence-electron chi connectivity index (χ1n) is 4.84. The largest absolute Gasteiger partial charge is 0.388 e. The Morgan fingerprint density at radius 2 is 2.27 bits per heavy atom. The van der Waals surface area contributed by atoms with E-state index in [0.29, 0.717) is 6.42 Å². The molecule has 0 aliphatic heterocycles. The predicted octanol–water partition coefficient (Wildman–Crippen LogP) is 3.87. The van der Waals surface area contributed by atoms with Gasteiger partial charge >= 0.3 is 0 Å². The molecule has 0 spiro atoms. The third-order valence-electron chi connectivity index (χ3n) is 2.32. The molecule has 1 nitrogen and oxygen atoms in total. The lowest BCUT2D eigenvalue weighted by atomic mass is 10.0. The second-order valence-electron chi connectivity index (χ2n) is 3.47. The second kappa shape index (κ2) is 5.29. The van der Waals surface area contributed by atoms with Gasteiger partial charge < -0.3 is 5.11 Å². The molecular weight excluding hydrogens is 215 g/mol. The van der Waals surface area contributed by atoms with E-state index in [-0.39, 0.29) is 10.6 Å². The van der Waals surface area contributed by atoms with Crippen molar-refractivity contribution in [1.29, 1.82) is 0 Å². The quantitative estimate of drug-likeness (QED) is 0.776. The van der Waals surface area contributed by atoms with Gasteiger partial charge in [-0.05, 0) is 18.9 Å². The van der Waals surface area contributed by atoms with Crippen molar-refractivity contribution >= 4 is 11.6 Å². The zero-order valence-electron chi connectivity index (χ0n) is 8.63. The second-order valence-corrected chi connectivity index (χ2v) is 3.87. The van der Waals surface area contributed by atoms with Gasteiger partial charge in [0.25, 0.3) is 0 Å². The van der Waals surface area contributed by atoms with Gasteiger partial charge in [0.2, 0.25) is 0 Å². The summed E-state index contributed by atoms with van der Waals surface area (Å²) < 4.78 is 13.5. The van der Waals surface area contributed by atoms with Crippen LogP contribution in [-0.2, 0) is 0 Å². The van der Waals surface area contributed by atoms with E-state index < -0.39 is 11.9 Å². The fraction of sp³-hybridized carbons (Fsp3) is 0.333. The van der Waals surface area contributed by atoms with Crippen molar-refractivity contribution in [2.45, 2.75) is 25.9 Å². The van der Waals surface area contributed by atoms with Crippen molar-refractivity contribution in [3.05, 3.63) is 46.8 Å². The normalized spacial score (nSPS) is 12.5. The van der Waals surface area contributed by atoms with Crippen molar-refractivity contribution in [3.63, 3.8) is 0 Å². The summed E-state index contributed by atoms with van der Waals surface area (Å²) in [6.45, 7) is 5.72. The molecular formula is C12H14ClFO. The van der Waals surface area contributed by atoms with E-state index in [0.717, 1.165) is 12.0 Å². The minimum atomic E-state index is -0.865. The van der Waals surface area contributed by atoms with E-state index in [4.69, 9.17) is 11.6 Å². The lowest BCUT2D eigenvalue weighted by Gasteiger charge is -2.13. The molecule has 1 N–H and O–H groups in total. The van der Waals surface area contributed by atoms with Crippen LogP contribution in [0.1, 0.15) is 31.4 Å². The van der Waals surface area contributed by atoms with E-state index in [1.54, 1.807) is 6.07 Å². The van der Waals surface area contributed by atoms with Gasteiger partial charge in [0.15, 0.2) is 0 Å². The molecule has 1 unspecified atom stereocenters. The number of hydrogen-bond donors (Lipinski definition) is 1. The van der Waals surface area contributed by atoms with Crippen LogP contribution in [0, 0.1) is 5.82 Å². The lowest BCUT2D eigenvalue weighted by molar-refractivity contribution is 0.173. The van der Waals surface area contributed by atoms with Gasteiger partial charge in [0, 0.05) is 5.56 Å². The molecule has 1 aromatic carbocycles. The predicted molar refractivity (Wildman–Crippen MR) is 60.4 cm³/mol. The van der Waals surface area contributed by atoms with Gasteiger partial charge in [0.1, 0.15) is 5.82 Å². The molecule has 0 aliphatic carbocycles. The molecule has 0 fully saturated rings. The lowest BCUT2D eigenvalue weighted by Crippen LogP contribution is -2.02. The van der Waals surface area contributed by atoms with Gasteiger partial charge in [-0.15, -0.1) is 0 Å². The molecule has 1 rings (SSSR count). The van der Waals surface area contributed by atoms with Gasteiger partial charge in [-0.2, -0.15) is 0 Å². The Hall–Kier alpha value is -0.860. The van der Waals surface area contributed by atoms with Crippen LogP contribution in [0.5, 0.6) is 0 Å². The molecule has 0 saturated heterocycles. The summed E-state index contributed by atoms with van der Waals surface area (Å²) in [5, 5.41) is 9.80. The van der Waals surface area contributed by atoms with Crippen molar-refractivity contribution in [3.8, 4) is 0 Å². The Morgan fingerprint density at radius 3 is 2.87 bits per heavy atom. The van der Waals surface area contributed by atoms with Gasteiger partial charge in [-0.25, -0.2) is 4.39 Å². The summed E-state index contributed by atoms with van der Waals surface area (Å²) >= 11 is 5.62. The van der Waals surface area contributed by atoms with Crippen molar-refractivity contribution in [2.24, 2.45) is 0 Å². The van der Waals surface area contributed by atoms with Crippen molar-refractivity contribution in [1.82, 2.24) is 0 Å². The molecule has 1 atom stereocenters. The van der Waals surface area contributed by atoms with Crippen LogP contribution in [0.25, 0.3) is 0 Å². The maximum Gasteiger partial charge on any atom is 0.147 e. The molecule has 82 valence electrons. The summed E-state index contributed by atoms with van der Waals surface area (Å²) in [7, 11) is 0. The number of rotatable bonds is 4. The van der Waals surface area contributed by atoms with E-state index in [2.05, 4.69) is 6.58 Å². The van der Waals surface area contributed by atoms with Crippen LogP contribution in [0.4, 0.5) is 4.39 Å². The first kappa shape index (κ1) is 12.2. The summed E-state index contributed by atoms with van der Waals surface area (Å²) in [5.41, 5.74) is 1.12. The van der Waals surface area contributed by atoms with Crippen LogP contribution in [0.2, 0.25) is 5.02 Å². The van der Waals surface area contributed by atoms with E-state index >= 15 is 0 Å². The van der Waals surface area contributed by atoms with Gasteiger partial charge in [-0.3, -0.25) is 0 Å². The number of benzene rings is 1. The molecule has 1 aromatic rings. The summed E-state index contributed by atoms with van der Waals surface area (Å²) in [6, 6.07) is 4.62. The van der Waals surface area contributed by atoms with Gasteiger partial charge in [-0.1, -0.05) is 42.8 Å². The van der Waals surface area contributed by atoms with E-state index in [1.165, 1.54) is 12.1 Å². The van der Waals surface area contributed by atoms with Crippen LogP contribution < -0.4 is 0 Å². The zero-order valence-corrected chi connectivity index (χ0v) is 9.39. The SMILES string of the molecule is C=C(CC)CC(O)c1cccc(Cl)c1F. The Kier molecular flexibility index (Phi) is 4.30. The molecule has 0 aromatic heterocycles.